The smallest absolute Gasteiger partial charge is 0.187 e. The standard InChI is InChI=1S/C13H14ClN3S/c14-10-4-2-1-3-9(10)12-7-11(8-5-6-8)16-17(12)13(15)18/h1-4,8,12H,5-7H2,(H2,15,18). The SMILES string of the molecule is NC(=S)N1N=C(C2CC2)CC1c1ccccc1Cl. The fourth-order valence-corrected chi connectivity index (χ4v) is 2.82. The molecular weight excluding hydrogens is 266 g/mol. The molecule has 5 heteroatoms. The lowest BCUT2D eigenvalue weighted by molar-refractivity contribution is 0.373. The lowest BCUT2D eigenvalue weighted by Gasteiger charge is -2.22. The summed E-state index contributed by atoms with van der Waals surface area (Å²) < 4.78 is 0. The van der Waals surface area contributed by atoms with Crippen molar-refractivity contribution in [3.8, 4) is 0 Å². The topological polar surface area (TPSA) is 41.6 Å². The summed E-state index contributed by atoms with van der Waals surface area (Å²) in [6, 6.07) is 7.88. The van der Waals surface area contributed by atoms with Crippen LogP contribution >= 0.6 is 23.8 Å². The normalized spacial score (nSPS) is 23.1. The molecule has 2 aliphatic rings. The maximum Gasteiger partial charge on any atom is 0.187 e. The van der Waals surface area contributed by atoms with E-state index in [9.17, 15) is 0 Å². The molecule has 1 atom stereocenters. The quantitative estimate of drug-likeness (QED) is 0.846. The summed E-state index contributed by atoms with van der Waals surface area (Å²) in [5.74, 6) is 0.634. The Labute approximate surface area is 117 Å². The number of hydrazone groups is 1. The molecule has 3 nitrogen and oxygen atoms in total. The van der Waals surface area contributed by atoms with Crippen molar-refractivity contribution >= 4 is 34.6 Å². The summed E-state index contributed by atoms with van der Waals surface area (Å²) in [5, 5.41) is 7.38. The number of nitrogens with two attached hydrogens (primary N) is 1. The molecule has 1 aliphatic heterocycles. The highest BCUT2D eigenvalue weighted by Crippen LogP contribution is 2.41. The molecule has 0 aromatic heterocycles. The molecule has 2 N–H and O–H groups in total. The molecule has 1 saturated carbocycles. The van der Waals surface area contributed by atoms with E-state index in [1.165, 1.54) is 18.6 Å². The summed E-state index contributed by atoms with van der Waals surface area (Å²) in [6.45, 7) is 0. The molecule has 0 bridgehead atoms. The average molecular weight is 280 g/mol. The minimum Gasteiger partial charge on any atom is -0.375 e. The average Bonchev–Trinajstić information content (AvgIpc) is 3.09. The van der Waals surface area contributed by atoms with Gasteiger partial charge in [-0.15, -0.1) is 0 Å². The van der Waals surface area contributed by atoms with E-state index < -0.39 is 0 Å². The van der Waals surface area contributed by atoms with E-state index in [1.54, 1.807) is 5.01 Å². The van der Waals surface area contributed by atoms with Crippen LogP contribution in [0.3, 0.4) is 0 Å². The van der Waals surface area contributed by atoms with Gasteiger partial charge in [0.1, 0.15) is 0 Å². The molecular formula is C13H14ClN3S. The second-order valence-electron chi connectivity index (χ2n) is 4.79. The molecule has 1 aromatic carbocycles. The zero-order valence-electron chi connectivity index (χ0n) is 9.84. The third kappa shape index (κ3) is 2.10. The predicted octanol–water partition coefficient (Wildman–Crippen LogP) is 3.10. The molecule has 3 rings (SSSR count). The second-order valence-corrected chi connectivity index (χ2v) is 5.62. The van der Waals surface area contributed by atoms with Gasteiger partial charge in [-0.1, -0.05) is 29.8 Å². The Morgan fingerprint density at radius 2 is 2.11 bits per heavy atom. The molecule has 94 valence electrons. The number of rotatable bonds is 2. The number of halogens is 1. The van der Waals surface area contributed by atoms with E-state index in [2.05, 4.69) is 5.10 Å². The second kappa shape index (κ2) is 4.52. The Bertz CT molecular complexity index is 525. The van der Waals surface area contributed by atoms with Gasteiger partial charge in [-0.2, -0.15) is 5.10 Å². The van der Waals surface area contributed by atoms with Crippen LogP contribution in [0.15, 0.2) is 29.4 Å². The van der Waals surface area contributed by atoms with Crippen molar-refractivity contribution in [2.75, 3.05) is 0 Å². The van der Waals surface area contributed by atoms with Crippen LogP contribution in [0.25, 0.3) is 0 Å². The van der Waals surface area contributed by atoms with Crippen LogP contribution in [0, 0.1) is 5.92 Å². The molecule has 1 aliphatic carbocycles. The molecule has 1 unspecified atom stereocenters. The fraction of sp³-hybridized carbons (Fsp3) is 0.385. The van der Waals surface area contributed by atoms with E-state index in [1.807, 2.05) is 24.3 Å². The number of thiocarbonyl (C=S) groups is 1. The van der Waals surface area contributed by atoms with Crippen LogP contribution in [0.4, 0.5) is 0 Å². The van der Waals surface area contributed by atoms with Gasteiger partial charge in [0, 0.05) is 17.2 Å². The summed E-state index contributed by atoms with van der Waals surface area (Å²) in [5.41, 5.74) is 8.03. The first kappa shape index (κ1) is 11.9. The van der Waals surface area contributed by atoms with Crippen LogP contribution < -0.4 is 5.73 Å². The summed E-state index contributed by atoms with van der Waals surface area (Å²) >= 11 is 11.3. The molecule has 0 saturated heterocycles. The van der Waals surface area contributed by atoms with E-state index in [0.717, 1.165) is 17.0 Å². The Morgan fingerprint density at radius 1 is 1.39 bits per heavy atom. The molecule has 18 heavy (non-hydrogen) atoms. The maximum absolute atomic E-state index is 6.26. The third-order valence-electron chi connectivity index (χ3n) is 3.47. The van der Waals surface area contributed by atoms with Gasteiger partial charge in [-0.05, 0) is 42.6 Å². The van der Waals surface area contributed by atoms with Gasteiger partial charge in [0.2, 0.25) is 0 Å². The van der Waals surface area contributed by atoms with Gasteiger partial charge in [-0.3, -0.25) is 0 Å². The van der Waals surface area contributed by atoms with Crippen molar-refractivity contribution in [1.82, 2.24) is 5.01 Å². The van der Waals surface area contributed by atoms with E-state index in [0.29, 0.717) is 11.0 Å². The third-order valence-corrected chi connectivity index (χ3v) is 4.00. The van der Waals surface area contributed by atoms with Crippen molar-refractivity contribution in [2.45, 2.75) is 25.3 Å². The largest absolute Gasteiger partial charge is 0.375 e. The highest BCUT2D eigenvalue weighted by Gasteiger charge is 2.38. The predicted molar refractivity (Wildman–Crippen MR) is 77.6 cm³/mol. The van der Waals surface area contributed by atoms with Gasteiger partial charge < -0.3 is 5.73 Å². The molecule has 1 fully saturated rings. The summed E-state index contributed by atoms with van der Waals surface area (Å²) in [4.78, 5) is 0. The summed E-state index contributed by atoms with van der Waals surface area (Å²) in [6.07, 6.45) is 3.35. The van der Waals surface area contributed by atoms with Gasteiger partial charge in [0.15, 0.2) is 5.11 Å². The van der Waals surface area contributed by atoms with Gasteiger partial charge in [0.25, 0.3) is 0 Å². The highest BCUT2D eigenvalue weighted by atomic mass is 35.5. The lowest BCUT2D eigenvalue weighted by atomic mass is 10.0. The van der Waals surface area contributed by atoms with Crippen molar-refractivity contribution < 1.29 is 0 Å². The fourth-order valence-electron chi connectivity index (χ4n) is 2.39. The lowest BCUT2D eigenvalue weighted by Crippen LogP contribution is -2.31. The number of nitrogens with zero attached hydrogens (tertiary/aromatic N) is 2. The minimum atomic E-state index is 0.0619. The Morgan fingerprint density at radius 3 is 2.72 bits per heavy atom. The first-order chi connectivity index (χ1) is 8.66. The first-order valence-electron chi connectivity index (χ1n) is 6.07. The van der Waals surface area contributed by atoms with Crippen molar-refractivity contribution in [2.24, 2.45) is 16.8 Å². The minimum absolute atomic E-state index is 0.0619. The number of hydrogen-bond acceptors (Lipinski definition) is 2. The molecule has 0 amide bonds. The van der Waals surface area contributed by atoms with Gasteiger partial charge in [0.05, 0.1) is 6.04 Å². The Hall–Kier alpha value is -1.13. The molecule has 0 radical (unpaired) electrons. The first-order valence-corrected chi connectivity index (χ1v) is 6.86. The zero-order valence-corrected chi connectivity index (χ0v) is 11.4. The Kier molecular flexibility index (Phi) is 2.99. The monoisotopic (exact) mass is 279 g/mol. The molecule has 1 aromatic rings. The Balaban J connectivity index is 1.92. The van der Waals surface area contributed by atoms with Crippen LogP contribution in [-0.2, 0) is 0 Å². The van der Waals surface area contributed by atoms with Crippen molar-refractivity contribution in [1.29, 1.82) is 0 Å². The van der Waals surface area contributed by atoms with Gasteiger partial charge in [-0.25, -0.2) is 5.01 Å². The molecule has 1 heterocycles. The number of benzene rings is 1. The zero-order chi connectivity index (χ0) is 12.7. The van der Waals surface area contributed by atoms with E-state index >= 15 is 0 Å². The van der Waals surface area contributed by atoms with Crippen LogP contribution in [0.5, 0.6) is 0 Å². The highest BCUT2D eigenvalue weighted by molar-refractivity contribution is 7.80. The van der Waals surface area contributed by atoms with Crippen molar-refractivity contribution in [3.63, 3.8) is 0 Å². The van der Waals surface area contributed by atoms with Gasteiger partial charge >= 0.3 is 0 Å². The van der Waals surface area contributed by atoms with Crippen LogP contribution in [-0.4, -0.2) is 15.8 Å². The maximum atomic E-state index is 6.26. The van der Waals surface area contributed by atoms with E-state index in [-0.39, 0.29) is 6.04 Å². The van der Waals surface area contributed by atoms with Crippen LogP contribution in [0.2, 0.25) is 5.02 Å². The van der Waals surface area contributed by atoms with Crippen molar-refractivity contribution in [3.05, 3.63) is 34.9 Å². The van der Waals surface area contributed by atoms with E-state index in [4.69, 9.17) is 29.6 Å². The van der Waals surface area contributed by atoms with Crippen LogP contribution in [0.1, 0.15) is 30.9 Å². The summed E-state index contributed by atoms with van der Waals surface area (Å²) in [7, 11) is 0. The molecule has 0 spiro atoms. The number of hydrogen-bond donors (Lipinski definition) is 1.